The van der Waals surface area contributed by atoms with Crippen molar-refractivity contribution in [3.05, 3.63) is 142 Å². The molecule has 0 radical (unpaired) electrons. The maximum Gasteiger partial charge on any atom is 0.201 e. The van der Waals surface area contributed by atoms with Crippen LogP contribution in [0.2, 0.25) is 0 Å². The highest BCUT2D eigenvalue weighted by molar-refractivity contribution is 6.40. The quantitative estimate of drug-likeness (QED) is 0.0445. The Morgan fingerprint density at radius 2 is 0.653 bits per heavy atom. The number of unbranched alkanes of at least 4 members (excludes halogenated alkanes) is 15. The number of anilines is 2. The molecule has 72 heavy (non-hydrogen) atoms. The number of carbonyl (C=O) groups is 2. The molecule has 0 fully saturated rings. The Bertz CT molecular complexity index is 2260. The molecule has 2 aromatic carbocycles. The number of hydrogen-bond acceptors (Lipinski definition) is 6. The summed E-state index contributed by atoms with van der Waals surface area (Å²) in [4.78, 5) is 31.5. The minimum absolute atomic E-state index is 0.0878. The Kier molecular flexibility index (Phi) is 22.4. The smallest absolute Gasteiger partial charge is 0.201 e. The lowest BCUT2D eigenvalue weighted by molar-refractivity contribution is -0.496. The van der Waals surface area contributed by atoms with Gasteiger partial charge in [0, 0.05) is 74.7 Å². The highest BCUT2D eigenvalue weighted by Crippen LogP contribution is 2.41. The Morgan fingerprint density at radius 1 is 0.375 bits per heavy atom. The van der Waals surface area contributed by atoms with E-state index >= 15 is 0 Å². The third-order valence-electron chi connectivity index (χ3n) is 15.0. The molecule has 0 atom stereocenters. The predicted octanol–water partition coefficient (Wildman–Crippen LogP) is 14.6. The third kappa shape index (κ3) is 14.9. The van der Waals surface area contributed by atoms with Gasteiger partial charge in [0.1, 0.15) is 38.7 Å². The monoisotopic (exact) mass is 977 g/mol. The predicted molar refractivity (Wildman–Crippen MR) is 304 cm³/mol. The number of carbonyl (C=O) groups excluding carboxylic acids is 2. The lowest BCUT2D eigenvalue weighted by atomic mass is 9.80. The molecule has 4 aliphatic rings. The molecule has 0 spiro atoms. The highest BCUT2D eigenvalue weighted by atomic mass is 16.3. The zero-order valence-corrected chi connectivity index (χ0v) is 45.1. The summed E-state index contributed by atoms with van der Waals surface area (Å²) in [5.41, 5.74) is 9.37. The zero-order chi connectivity index (χ0) is 51.2. The molecule has 0 heterocycles. The van der Waals surface area contributed by atoms with Crippen molar-refractivity contribution in [3.63, 3.8) is 0 Å². The normalized spacial score (nSPS) is 15.4. The summed E-state index contributed by atoms with van der Waals surface area (Å²) in [7, 11) is 4.27. The van der Waals surface area contributed by atoms with Crippen molar-refractivity contribution in [2.24, 2.45) is 0 Å². The molecule has 2 aromatic rings. The van der Waals surface area contributed by atoms with E-state index < -0.39 is 0 Å². The number of nitrogens with zero attached hydrogens (tertiary/aromatic N) is 4. The fraction of sp³-hybridized carbons (Fsp3) is 0.500. The maximum atomic E-state index is 13.3. The van der Waals surface area contributed by atoms with Crippen LogP contribution < -0.4 is 9.80 Å². The van der Waals surface area contributed by atoms with Crippen LogP contribution >= 0.6 is 0 Å². The summed E-state index contributed by atoms with van der Waals surface area (Å²) in [6.07, 6.45) is 40.6. The minimum Gasteiger partial charge on any atom is -0.506 e. The molecule has 6 rings (SSSR count). The van der Waals surface area contributed by atoms with Gasteiger partial charge in [-0.2, -0.15) is 0 Å². The van der Waals surface area contributed by atoms with Crippen molar-refractivity contribution in [1.82, 2.24) is 0 Å². The topological polar surface area (TPSA) is 87.1 Å². The van der Waals surface area contributed by atoms with Gasteiger partial charge in [-0.15, -0.1) is 0 Å². The second kappa shape index (κ2) is 29.1. The van der Waals surface area contributed by atoms with Crippen molar-refractivity contribution in [3.8, 4) is 0 Å². The lowest BCUT2D eigenvalue weighted by Gasteiger charge is -2.26. The first-order chi connectivity index (χ1) is 35.1. The van der Waals surface area contributed by atoms with E-state index in [4.69, 9.17) is 0 Å². The van der Waals surface area contributed by atoms with Crippen LogP contribution in [0.5, 0.6) is 0 Å². The van der Waals surface area contributed by atoms with Gasteiger partial charge in [0.15, 0.2) is 11.4 Å². The molecule has 4 aliphatic carbocycles. The van der Waals surface area contributed by atoms with Crippen LogP contribution in [0.1, 0.15) is 167 Å². The molecule has 0 saturated carbocycles. The highest BCUT2D eigenvalue weighted by Gasteiger charge is 2.38. The number of aliphatic hydroxyl groups is 2. The molecule has 2 N–H and O–H groups in total. The first-order valence-corrected chi connectivity index (χ1v) is 28.2. The molecule has 0 aliphatic heterocycles. The molecule has 0 bridgehead atoms. The zero-order valence-electron chi connectivity index (χ0n) is 45.1. The van der Waals surface area contributed by atoms with Gasteiger partial charge in [-0.1, -0.05) is 129 Å². The number of benzene rings is 2. The summed E-state index contributed by atoms with van der Waals surface area (Å²) in [5.74, 6) is 0.0240. The number of hydrogen-bond donors (Lipinski definition) is 2. The summed E-state index contributed by atoms with van der Waals surface area (Å²) < 4.78 is 4.57. The van der Waals surface area contributed by atoms with Crippen molar-refractivity contribution in [1.29, 1.82) is 0 Å². The van der Waals surface area contributed by atoms with Gasteiger partial charge in [-0.3, -0.25) is 9.59 Å². The Morgan fingerprint density at radius 3 is 0.917 bits per heavy atom. The fourth-order valence-corrected chi connectivity index (χ4v) is 10.2. The van der Waals surface area contributed by atoms with Crippen molar-refractivity contribution >= 4 is 45.5 Å². The SMILES string of the molecule is CCCCN(CCCC)c1ccc(C2=C(O)C(=C3C=CC(=[N+](C)CCCCCCCCCCCCCC[N+](C)=C4C=CC(=C5C(=O)C(c6ccc(N(CCCC)CCCC)cc6)=C5O)C=C4)C=C3)C2=O)cc1. The molecular formula is C64H88N4O4+2. The summed E-state index contributed by atoms with van der Waals surface area (Å²) in [6, 6.07) is 16.3. The number of ketones is 2. The van der Waals surface area contributed by atoms with Gasteiger partial charge in [-0.25, -0.2) is 9.15 Å². The number of rotatable bonds is 31. The molecule has 0 amide bonds. The minimum atomic E-state index is -0.0878. The van der Waals surface area contributed by atoms with E-state index in [0.29, 0.717) is 22.3 Å². The maximum absolute atomic E-state index is 13.3. The number of aliphatic hydroxyl groups excluding tert-OH is 2. The van der Waals surface area contributed by atoms with Gasteiger partial charge in [-0.05, 0) is 109 Å². The Hall–Kier alpha value is -5.76. The van der Waals surface area contributed by atoms with Crippen LogP contribution in [0.15, 0.2) is 131 Å². The molecular weight excluding hydrogens is 889 g/mol. The largest absolute Gasteiger partial charge is 0.506 e. The second-order valence-electron chi connectivity index (χ2n) is 20.5. The first kappa shape index (κ1) is 55.6. The van der Waals surface area contributed by atoms with Crippen LogP contribution in [0.25, 0.3) is 11.1 Å². The van der Waals surface area contributed by atoms with Crippen LogP contribution in [0.4, 0.5) is 11.4 Å². The van der Waals surface area contributed by atoms with E-state index in [-0.39, 0.29) is 23.1 Å². The first-order valence-electron chi connectivity index (χ1n) is 28.2. The Labute approximate surface area is 434 Å². The molecule has 8 nitrogen and oxygen atoms in total. The van der Waals surface area contributed by atoms with Gasteiger partial charge in [0.2, 0.25) is 11.6 Å². The average molecular weight is 977 g/mol. The van der Waals surface area contributed by atoms with Crippen LogP contribution in [-0.4, -0.2) is 95.7 Å². The molecule has 0 unspecified atom stereocenters. The Balaban J connectivity index is 0.813. The third-order valence-corrected chi connectivity index (χ3v) is 15.0. The second-order valence-corrected chi connectivity index (χ2v) is 20.5. The molecule has 0 aromatic heterocycles. The average Bonchev–Trinajstić information content (AvgIpc) is 3.40. The van der Waals surface area contributed by atoms with E-state index in [1.165, 1.54) is 75.6 Å². The summed E-state index contributed by atoms with van der Waals surface area (Å²) >= 11 is 0. The van der Waals surface area contributed by atoms with E-state index in [1.807, 2.05) is 48.6 Å². The summed E-state index contributed by atoms with van der Waals surface area (Å²) in [5, 5.41) is 22.1. The van der Waals surface area contributed by atoms with E-state index in [2.05, 4.69) is 109 Å². The van der Waals surface area contributed by atoms with Crippen LogP contribution in [0.3, 0.4) is 0 Å². The molecule has 386 valence electrons. The van der Waals surface area contributed by atoms with Crippen LogP contribution in [-0.2, 0) is 9.59 Å². The van der Waals surface area contributed by atoms with E-state index in [0.717, 1.165) is 137 Å². The van der Waals surface area contributed by atoms with E-state index in [1.54, 1.807) is 0 Å². The van der Waals surface area contributed by atoms with E-state index in [9.17, 15) is 19.8 Å². The van der Waals surface area contributed by atoms with Crippen molar-refractivity contribution in [2.45, 2.75) is 156 Å². The molecule has 8 heteroatoms. The van der Waals surface area contributed by atoms with Gasteiger partial charge >= 0.3 is 0 Å². The fourth-order valence-electron chi connectivity index (χ4n) is 10.2. The standard InChI is InChI=1S/C64H86N4O4/c1-7-11-45-67(46-12-8-2)55-39-31-51(32-40-55)59-61(69)57(62(59)70)49-27-35-53(36-28-49)65(5)43-25-23-21-19-17-15-16-18-20-22-24-26-44-66(6)54-37-29-50(30-38-54)58-63(71)60(64(58)72)52-33-41-56(42-34-52)68(47-13-9-3)48-14-10-4/h27-42H,7-26,43-48H2,1-6H3/p+2. The molecule has 0 saturated heterocycles. The van der Waals surface area contributed by atoms with Gasteiger partial charge in [0.05, 0.1) is 22.3 Å². The van der Waals surface area contributed by atoms with Crippen molar-refractivity contribution < 1.29 is 29.0 Å². The number of allylic oxidation sites excluding steroid dienone is 14. The van der Waals surface area contributed by atoms with Crippen LogP contribution in [0, 0.1) is 0 Å². The van der Waals surface area contributed by atoms with Crippen molar-refractivity contribution in [2.75, 3.05) is 63.2 Å². The number of Topliss-reactive ketones (excluding diaryl/α,β-unsaturated/α-hetero) is 2. The van der Waals surface area contributed by atoms with Gasteiger partial charge in [0.25, 0.3) is 0 Å². The summed E-state index contributed by atoms with van der Waals surface area (Å²) in [6.45, 7) is 15.0. The lowest BCUT2D eigenvalue weighted by Crippen LogP contribution is -2.26. The van der Waals surface area contributed by atoms with Gasteiger partial charge < -0.3 is 20.0 Å².